The molecular weight excluding hydrogens is 318 g/mol. The second-order valence-corrected chi connectivity index (χ2v) is 7.43. The zero-order valence-electron chi connectivity index (χ0n) is 13.0. The third-order valence-electron chi connectivity index (χ3n) is 3.82. The van der Waals surface area contributed by atoms with Gasteiger partial charge in [-0.25, -0.2) is 0 Å². The first-order valence-corrected chi connectivity index (χ1v) is 9.40. The zero-order valence-corrected chi connectivity index (χ0v) is 14.6. The Kier molecular flexibility index (Phi) is 7.40. The third-order valence-corrected chi connectivity index (χ3v) is 5.51. The highest BCUT2D eigenvalue weighted by atomic mass is 35.5. The molecule has 1 amide bonds. The van der Waals surface area contributed by atoms with E-state index in [4.69, 9.17) is 16.3 Å². The normalized spacial score (nSPS) is 17.0. The molecule has 2 rings (SSSR count). The Morgan fingerprint density at radius 2 is 2.09 bits per heavy atom. The standard InChI is InChI=1S/C17H24ClNO2S/c1-13(21-16-10-6-5-9-15(16)18)17(20)19-11-12-22-14-7-3-2-4-8-14/h5-6,9-10,13-14H,2-4,7-8,11-12H2,1H3,(H,19,20)/t13-/m1/s1. The lowest BCUT2D eigenvalue weighted by molar-refractivity contribution is -0.127. The summed E-state index contributed by atoms with van der Waals surface area (Å²) in [6, 6.07) is 7.20. The van der Waals surface area contributed by atoms with Gasteiger partial charge in [-0.05, 0) is 31.9 Å². The molecule has 0 radical (unpaired) electrons. The Balaban J connectivity index is 1.65. The van der Waals surface area contributed by atoms with E-state index in [0.29, 0.717) is 17.3 Å². The maximum absolute atomic E-state index is 12.0. The Morgan fingerprint density at radius 1 is 1.36 bits per heavy atom. The Bertz CT molecular complexity index is 477. The number of hydrogen-bond donors (Lipinski definition) is 1. The smallest absolute Gasteiger partial charge is 0.260 e. The molecule has 5 heteroatoms. The highest BCUT2D eigenvalue weighted by Crippen LogP contribution is 2.27. The fourth-order valence-corrected chi connectivity index (χ4v) is 3.96. The summed E-state index contributed by atoms with van der Waals surface area (Å²) in [5.74, 6) is 1.42. The molecule has 1 N–H and O–H groups in total. The van der Waals surface area contributed by atoms with Gasteiger partial charge in [-0.15, -0.1) is 0 Å². The van der Waals surface area contributed by atoms with Crippen molar-refractivity contribution in [3.05, 3.63) is 29.3 Å². The maximum Gasteiger partial charge on any atom is 0.260 e. The van der Waals surface area contributed by atoms with Gasteiger partial charge < -0.3 is 10.1 Å². The summed E-state index contributed by atoms with van der Waals surface area (Å²) in [4.78, 5) is 12.0. The molecule has 0 bridgehead atoms. The second-order valence-electron chi connectivity index (χ2n) is 5.61. The maximum atomic E-state index is 12.0. The summed E-state index contributed by atoms with van der Waals surface area (Å²) in [5, 5.41) is 4.24. The van der Waals surface area contributed by atoms with E-state index in [1.165, 1.54) is 32.1 Å². The minimum absolute atomic E-state index is 0.0934. The number of carbonyl (C=O) groups is 1. The van der Waals surface area contributed by atoms with Crippen molar-refractivity contribution in [3.8, 4) is 5.75 Å². The van der Waals surface area contributed by atoms with E-state index in [1.54, 1.807) is 19.1 Å². The van der Waals surface area contributed by atoms with Crippen LogP contribution in [0.5, 0.6) is 5.75 Å². The first-order chi connectivity index (χ1) is 10.7. The Morgan fingerprint density at radius 3 is 2.82 bits per heavy atom. The molecule has 0 saturated heterocycles. The predicted octanol–water partition coefficient (Wildman–Crippen LogP) is 4.29. The van der Waals surface area contributed by atoms with Crippen molar-refractivity contribution in [2.24, 2.45) is 0 Å². The van der Waals surface area contributed by atoms with Crippen molar-refractivity contribution >= 4 is 29.3 Å². The summed E-state index contributed by atoms with van der Waals surface area (Å²) in [7, 11) is 0. The molecular formula is C17H24ClNO2S. The molecule has 1 aliphatic rings. The van der Waals surface area contributed by atoms with Gasteiger partial charge in [0, 0.05) is 17.5 Å². The molecule has 1 fully saturated rings. The largest absolute Gasteiger partial charge is 0.479 e. The van der Waals surface area contributed by atoms with Crippen LogP contribution in [0.4, 0.5) is 0 Å². The number of nitrogens with one attached hydrogen (secondary N) is 1. The highest BCUT2D eigenvalue weighted by Gasteiger charge is 2.16. The van der Waals surface area contributed by atoms with Crippen LogP contribution in [0.15, 0.2) is 24.3 Å². The topological polar surface area (TPSA) is 38.3 Å². The van der Waals surface area contributed by atoms with Crippen molar-refractivity contribution in [1.82, 2.24) is 5.32 Å². The number of thioether (sulfide) groups is 1. The van der Waals surface area contributed by atoms with Gasteiger partial charge in [0.25, 0.3) is 5.91 Å². The van der Waals surface area contributed by atoms with Crippen LogP contribution < -0.4 is 10.1 Å². The molecule has 122 valence electrons. The van der Waals surface area contributed by atoms with Crippen molar-refractivity contribution in [3.63, 3.8) is 0 Å². The summed E-state index contributed by atoms with van der Waals surface area (Å²) in [5.41, 5.74) is 0. The Hall–Kier alpha value is -0.870. The molecule has 0 aromatic heterocycles. The Labute approximate surface area is 142 Å². The van der Waals surface area contributed by atoms with Crippen LogP contribution >= 0.6 is 23.4 Å². The first-order valence-electron chi connectivity index (χ1n) is 7.97. The number of benzene rings is 1. The van der Waals surface area contributed by atoms with Crippen LogP contribution in [0.2, 0.25) is 5.02 Å². The van der Waals surface area contributed by atoms with Crippen LogP contribution in [0.3, 0.4) is 0 Å². The van der Waals surface area contributed by atoms with Crippen molar-refractivity contribution in [1.29, 1.82) is 0 Å². The molecule has 1 aliphatic carbocycles. The van der Waals surface area contributed by atoms with E-state index in [1.807, 2.05) is 23.9 Å². The molecule has 1 atom stereocenters. The molecule has 1 aromatic rings. The SMILES string of the molecule is C[C@@H](Oc1ccccc1Cl)C(=O)NCCSC1CCCCC1. The summed E-state index contributed by atoms with van der Waals surface area (Å²) in [6.45, 7) is 2.43. The van der Waals surface area contributed by atoms with Crippen LogP contribution in [0, 0.1) is 0 Å². The highest BCUT2D eigenvalue weighted by molar-refractivity contribution is 7.99. The molecule has 0 aliphatic heterocycles. The monoisotopic (exact) mass is 341 g/mol. The number of carbonyl (C=O) groups excluding carboxylic acids is 1. The van der Waals surface area contributed by atoms with Crippen molar-refractivity contribution in [2.75, 3.05) is 12.3 Å². The van der Waals surface area contributed by atoms with Gasteiger partial charge in [0.2, 0.25) is 0 Å². The summed E-state index contributed by atoms with van der Waals surface area (Å²) in [6.07, 6.45) is 6.19. The first kappa shape index (κ1) is 17.5. The second kappa shape index (κ2) is 9.31. The average Bonchev–Trinajstić information content (AvgIpc) is 2.54. The average molecular weight is 342 g/mol. The van der Waals surface area contributed by atoms with Crippen LogP contribution in [0.1, 0.15) is 39.0 Å². The molecule has 1 aromatic carbocycles. The van der Waals surface area contributed by atoms with E-state index in [2.05, 4.69) is 5.32 Å². The minimum atomic E-state index is -0.542. The lowest BCUT2D eigenvalue weighted by Gasteiger charge is -2.21. The predicted molar refractivity (Wildman–Crippen MR) is 93.9 cm³/mol. The fraction of sp³-hybridized carbons (Fsp3) is 0.588. The number of amides is 1. The molecule has 0 spiro atoms. The van der Waals surface area contributed by atoms with E-state index in [9.17, 15) is 4.79 Å². The van der Waals surface area contributed by atoms with Crippen LogP contribution in [0.25, 0.3) is 0 Å². The van der Waals surface area contributed by atoms with Crippen LogP contribution in [-0.4, -0.2) is 29.6 Å². The van der Waals surface area contributed by atoms with E-state index in [0.717, 1.165) is 11.0 Å². The van der Waals surface area contributed by atoms with E-state index < -0.39 is 6.10 Å². The summed E-state index contributed by atoms with van der Waals surface area (Å²) < 4.78 is 5.60. The zero-order chi connectivity index (χ0) is 15.8. The van der Waals surface area contributed by atoms with E-state index in [-0.39, 0.29) is 5.91 Å². The molecule has 0 heterocycles. The molecule has 22 heavy (non-hydrogen) atoms. The molecule has 3 nitrogen and oxygen atoms in total. The number of hydrogen-bond acceptors (Lipinski definition) is 3. The third kappa shape index (κ3) is 5.73. The van der Waals surface area contributed by atoms with Crippen molar-refractivity contribution in [2.45, 2.75) is 50.4 Å². The number of rotatable bonds is 7. The van der Waals surface area contributed by atoms with Gasteiger partial charge in [-0.2, -0.15) is 11.8 Å². The summed E-state index contributed by atoms with van der Waals surface area (Å²) >= 11 is 8.01. The minimum Gasteiger partial charge on any atom is -0.479 e. The van der Waals surface area contributed by atoms with Gasteiger partial charge in [0.1, 0.15) is 5.75 Å². The quantitative estimate of drug-likeness (QED) is 0.752. The van der Waals surface area contributed by atoms with Gasteiger partial charge in [-0.3, -0.25) is 4.79 Å². The van der Waals surface area contributed by atoms with Gasteiger partial charge in [0.05, 0.1) is 5.02 Å². The van der Waals surface area contributed by atoms with Gasteiger partial charge in [0.15, 0.2) is 6.10 Å². The van der Waals surface area contributed by atoms with Gasteiger partial charge in [-0.1, -0.05) is 43.0 Å². The lowest BCUT2D eigenvalue weighted by Crippen LogP contribution is -2.37. The number of ether oxygens (including phenoxy) is 1. The van der Waals surface area contributed by atoms with Crippen LogP contribution in [-0.2, 0) is 4.79 Å². The lowest BCUT2D eigenvalue weighted by atomic mass is 10.0. The molecule has 0 unspecified atom stereocenters. The number of halogens is 1. The molecule has 1 saturated carbocycles. The van der Waals surface area contributed by atoms with Gasteiger partial charge >= 0.3 is 0 Å². The van der Waals surface area contributed by atoms with E-state index >= 15 is 0 Å². The number of para-hydroxylation sites is 1. The van der Waals surface area contributed by atoms with Crippen molar-refractivity contribution < 1.29 is 9.53 Å². The fourth-order valence-electron chi connectivity index (χ4n) is 2.56.